The van der Waals surface area contributed by atoms with Gasteiger partial charge in [0.05, 0.1) is 11.5 Å². The van der Waals surface area contributed by atoms with Gasteiger partial charge in [-0.1, -0.05) is 12.1 Å². The maximum Gasteiger partial charge on any atom is 0.235 e. The van der Waals surface area contributed by atoms with Crippen LogP contribution in [0.25, 0.3) is 0 Å². The van der Waals surface area contributed by atoms with Crippen LogP contribution < -0.4 is 10.6 Å². The molecule has 2 rings (SSSR count). The molecule has 0 bridgehead atoms. The normalized spacial score (nSPS) is 10.3. The highest BCUT2D eigenvalue weighted by molar-refractivity contribution is 8.00. The van der Waals surface area contributed by atoms with E-state index in [0.717, 1.165) is 11.3 Å². The Hall–Kier alpha value is -2.28. The molecule has 0 saturated carbocycles. The van der Waals surface area contributed by atoms with Crippen molar-refractivity contribution in [1.82, 2.24) is 9.78 Å². The quantitative estimate of drug-likeness (QED) is 0.854. The standard InChI is InChI=1S/C15H18N4O2S/c1-11-4-3-5-12(8-11)16-14(20)9-22-10-15(21)17-13-6-7-19(2)18-13/h3-8H,9-10H2,1-2H3,(H,16,20)(H,17,18,21). The summed E-state index contributed by atoms with van der Waals surface area (Å²) in [4.78, 5) is 23.5. The zero-order valence-electron chi connectivity index (χ0n) is 12.5. The first-order valence-corrected chi connectivity index (χ1v) is 7.92. The van der Waals surface area contributed by atoms with Gasteiger partial charge in [0, 0.05) is 25.0 Å². The Kier molecular flexibility index (Phi) is 5.60. The van der Waals surface area contributed by atoms with E-state index >= 15 is 0 Å². The second-order valence-electron chi connectivity index (χ2n) is 4.83. The first kappa shape index (κ1) is 16.1. The van der Waals surface area contributed by atoms with Gasteiger partial charge >= 0.3 is 0 Å². The number of anilines is 2. The summed E-state index contributed by atoms with van der Waals surface area (Å²) in [7, 11) is 1.78. The van der Waals surface area contributed by atoms with Crippen LogP contribution in [0.3, 0.4) is 0 Å². The van der Waals surface area contributed by atoms with Gasteiger partial charge in [0.2, 0.25) is 11.8 Å². The predicted molar refractivity (Wildman–Crippen MR) is 89.0 cm³/mol. The highest BCUT2D eigenvalue weighted by atomic mass is 32.2. The van der Waals surface area contributed by atoms with E-state index in [2.05, 4.69) is 15.7 Å². The van der Waals surface area contributed by atoms with Crippen molar-refractivity contribution in [3.63, 3.8) is 0 Å². The molecule has 0 radical (unpaired) electrons. The first-order valence-electron chi connectivity index (χ1n) is 6.77. The summed E-state index contributed by atoms with van der Waals surface area (Å²) < 4.78 is 1.61. The first-order chi connectivity index (χ1) is 10.5. The molecule has 0 atom stereocenters. The smallest absolute Gasteiger partial charge is 0.235 e. The van der Waals surface area contributed by atoms with Crippen LogP contribution in [-0.4, -0.2) is 33.1 Å². The molecule has 1 aromatic carbocycles. The van der Waals surface area contributed by atoms with Crippen molar-refractivity contribution in [3.05, 3.63) is 42.1 Å². The Morgan fingerprint density at radius 3 is 2.55 bits per heavy atom. The lowest BCUT2D eigenvalue weighted by atomic mass is 10.2. The zero-order chi connectivity index (χ0) is 15.9. The molecule has 1 heterocycles. The number of carbonyl (C=O) groups is 2. The fraction of sp³-hybridized carbons (Fsp3) is 0.267. The minimum Gasteiger partial charge on any atom is -0.325 e. The molecule has 1 aromatic heterocycles. The molecule has 7 heteroatoms. The fourth-order valence-corrected chi connectivity index (χ4v) is 2.43. The number of hydrogen-bond donors (Lipinski definition) is 2. The summed E-state index contributed by atoms with van der Waals surface area (Å²) in [5.41, 5.74) is 1.85. The maximum absolute atomic E-state index is 11.8. The van der Waals surface area contributed by atoms with Crippen LogP contribution in [-0.2, 0) is 16.6 Å². The van der Waals surface area contributed by atoms with Gasteiger partial charge in [-0.25, -0.2) is 0 Å². The maximum atomic E-state index is 11.8. The second-order valence-corrected chi connectivity index (χ2v) is 5.82. The number of thioether (sulfide) groups is 1. The Morgan fingerprint density at radius 2 is 1.91 bits per heavy atom. The molecule has 2 aromatic rings. The monoisotopic (exact) mass is 318 g/mol. The molecular weight excluding hydrogens is 300 g/mol. The van der Waals surface area contributed by atoms with Crippen LogP contribution in [0, 0.1) is 6.92 Å². The van der Waals surface area contributed by atoms with Gasteiger partial charge in [0.1, 0.15) is 0 Å². The van der Waals surface area contributed by atoms with Crippen molar-refractivity contribution in [1.29, 1.82) is 0 Å². The van der Waals surface area contributed by atoms with Crippen LogP contribution in [0.4, 0.5) is 11.5 Å². The predicted octanol–water partition coefficient (Wildman–Crippen LogP) is 2.04. The van der Waals surface area contributed by atoms with E-state index in [1.807, 2.05) is 31.2 Å². The number of rotatable bonds is 6. The van der Waals surface area contributed by atoms with E-state index in [1.165, 1.54) is 11.8 Å². The van der Waals surface area contributed by atoms with E-state index < -0.39 is 0 Å². The van der Waals surface area contributed by atoms with Crippen LogP contribution in [0.1, 0.15) is 5.56 Å². The molecule has 0 saturated heterocycles. The van der Waals surface area contributed by atoms with Crippen LogP contribution in [0.2, 0.25) is 0 Å². The van der Waals surface area contributed by atoms with E-state index in [1.54, 1.807) is 24.0 Å². The van der Waals surface area contributed by atoms with Gasteiger partial charge < -0.3 is 10.6 Å². The van der Waals surface area contributed by atoms with Gasteiger partial charge in [0.15, 0.2) is 5.82 Å². The van der Waals surface area contributed by atoms with Crippen molar-refractivity contribution >= 4 is 35.1 Å². The van der Waals surface area contributed by atoms with Crippen LogP contribution in [0.15, 0.2) is 36.5 Å². The number of hydrogen-bond acceptors (Lipinski definition) is 4. The summed E-state index contributed by atoms with van der Waals surface area (Å²) in [6.45, 7) is 1.96. The molecule has 22 heavy (non-hydrogen) atoms. The molecular formula is C15H18N4O2S. The number of aryl methyl sites for hydroxylation is 2. The van der Waals surface area contributed by atoms with Crippen molar-refractivity contribution in [2.24, 2.45) is 7.05 Å². The van der Waals surface area contributed by atoms with E-state index in [-0.39, 0.29) is 23.3 Å². The third-order valence-corrected chi connectivity index (χ3v) is 3.68. The Bertz CT molecular complexity index is 669. The fourth-order valence-electron chi connectivity index (χ4n) is 1.82. The number of carbonyl (C=O) groups excluding carboxylic acids is 2. The van der Waals surface area contributed by atoms with Gasteiger partial charge in [-0.05, 0) is 24.6 Å². The van der Waals surface area contributed by atoms with Crippen molar-refractivity contribution in [2.75, 3.05) is 22.1 Å². The Balaban J connectivity index is 1.69. The van der Waals surface area contributed by atoms with Gasteiger partial charge in [-0.2, -0.15) is 5.10 Å². The molecule has 0 spiro atoms. The molecule has 0 aliphatic rings. The third-order valence-electron chi connectivity index (χ3n) is 2.75. The molecule has 0 unspecified atom stereocenters. The summed E-state index contributed by atoms with van der Waals surface area (Å²) >= 11 is 1.26. The molecule has 2 amide bonds. The topological polar surface area (TPSA) is 76.0 Å². The van der Waals surface area contributed by atoms with Crippen molar-refractivity contribution in [2.45, 2.75) is 6.92 Å². The molecule has 0 fully saturated rings. The van der Waals surface area contributed by atoms with E-state index in [4.69, 9.17) is 0 Å². The third kappa shape index (κ3) is 5.25. The molecule has 0 aliphatic carbocycles. The van der Waals surface area contributed by atoms with Crippen LogP contribution in [0.5, 0.6) is 0 Å². The molecule has 2 N–H and O–H groups in total. The minimum absolute atomic E-state index is 0.124. The SMILES string of the molecule is Cc1cccc(NC(=O)CSCC(=O)Nc2ccn(C)n2)c1. The number of nitrogens with one attached hydrogen (secondary N) is 2. The lowest BCUT2D eigenvalue weighted by molar-refractivity contribution is -0.114. The molecule has 116 valence electrons. The van der Waals surface area contributed by atoms with Gasteiger partial charge in [-0.15, -0.1) is 11.8 Å². The summed E-state index contributed by atoms with van der Waals surface area (Å²) in [6.07, 6.45) is 1.75. The van der Waals surface area contributed by atoms with Crippen molar-refractivity contribution in [3.8, 4) is 0 Å². The zero-order valence-corrected chi connectivity index (χ0v) is 13.3. The lowest BCUT2D eigenvalue weighted by Gasteiger charge is -2.06. The van der Waals surface area contributed by atoms with Gasteiger partial charge in [-0.3, -0.25) is 14.3 Å². The second kappa shape index (κ2) is 7.65. The average molecular weight is 318 g/mol. The summed E-state index contributed by atoms with van der Waals surface area (Å²) in [5, 5.41) is 9.53. The molecule has 0 aliphatic heterocycles. The largest absolute Gasteiger partial charge is 0.325 e. The number of nitrogens with zero attached hydrogens (tertiary/aromatic N) is 2. The summed E-state index contributed by atoms with van der Waals surface area (Å²) in [5.74, 6) is 0.645. The van der Waals surface area contributed by atoms with E-state index in [0.29, 0.717) is 5.82 Å². The number of amides is 2. The van der Waals surface area contributed by atoms with Gasteiger partial charge in [0.25, 0.3) is 0 Å². The highest BCUT2D eigenvalue weighted by Crippen LogP contribution is 2.11. The lowest BCUT2D eigenvalue weighted by Crippen LogP contribution is -2.18. The minimum atomic E-state index is -0.174. The Morgan fingerprint density at radius 1 is 1.18 bits per heavy atom. The Labute approximate surface area is 133 Å². The molecule has 6 nitrogen and oxygen atoms in total. The van der Waals surface area contributed by atoms with Crippen molar-refractivity contribution < 1.29 is 9.59 Å². The number of aromatic nitrogens is 2. The average Bonchev–Trinajstić information content (AvgIpc) is 2.84. The highest BCUT2D eigenvalue weighted by Gasteiger charge is 2.07. The number of benzene rings is 1. The van der Waals surface area contributed by atoms with E-state index in [9.17, 15) is 9.59 Å². The summed E-state index contributed by atoms with van der Waals surface area (Å²) in [6, 6.07) is 9.30. The van der Waals surface area contributed by atoms with Crippen LogP contribution >= 0.6 is 11.8 Å².